The maximum atomic E-state index is 5.99. The molecule has 0 saturated heterocycles. The Labute approximate surface area is 195 Å². The van der Waals surface area contributed by atoms with E-state index in [9.17, 15) is 0 Å². The highest BCUT2D eigenvalue weighted by Gasteiger charge is 2.12. The number of methoxy groups -OCH3 is 1. The summed E-state index contributed by atoms with van der Waals surface area (Å²) in [7, 11) is 1.62. The van der Waals surface area contributed by atoms with Gasteiger partial charge in [0.1, 0.15) is 6.61 Å². The van der Waals surface area contributed by atoms with Gasteiger partial charge in [-0.1, -0.05) is 51.5 Å². The summed E-state index contributed by atoms with van der Waals surface area (Å²) in [6, 6.07) is 19.8. The van der Waals surface area contributed by atoms with Gasteiger partial charge in [0.25, 0.3) is 0 Å². The Morgan fingerprint density at radius 2 is 1.90 bits per heavy atom. The van der Waals surface area contributed by atoms with Gasteiger partial charge in [-0.05, 0) is 63.5 Å². The average Bonchev–Trinajstić information content (AvgIpc) is 3.16. The molecule has 30 heavy (non-hydrogen) atoms. The number of nitrogens with zero attached hydrogens (tertiary/aromatic N) is 2. The van der Waals surface area contributed by atoms with E-state index in [4.69, 9.17) is 9.47 Å². The summed E-state index contributed by atoms with van der Waals surface area (Å²) in [4.78, 5) is 4.50. The van der Waals surface area contributed by atoms with Crippen molar-refractivity contribution >= 4 is 64.8 Å². The maximum absolute atomic E-state index is 5.99. The second-order valence-electron chi connectivity index (χ2n) is 6.31. The molecule has 0 atom stereocenters. The molecule has 4 aromatic rings. The quantitative estimate of drug-likeness (QED) is 0.203. The molecule has 0 saturated carbocycles. The molecule has 0 radical (unpaired) electrons. The molecule has 0 unspecified atom stereocenters. The Morgan fingerprint density at radius 1 is 1.10 bits per heavy atom. The van der Waals surface area contributed by atoms with Gasteiger partial charge < -0.3 is 9.47 Å². The lowest BCUT2D eigenvalue weighted by atomic mass is 10.2. The number of hydrogen-bond acceptors (Lipinski definition) is 6. The third kappa shape index (κ3) is 5.00. The van der Waals surface area contributed by atoms with Crippen LogP contribution in [0.5, 0.6) is 11.5 Å². The van der Waals surface area contributed by atoms with Crippen LogP contribution in [-0.2, 0) is 6.61 Å². The van der Waals surface area contributed by atoms with E-state index >= 15 is 0 Å². The lowest BCUT2D eigenvalue weighted by molar-refractivity contribution is 0.282. The number of anilines is 1. The number of thiazole rings is 1. The van der Waals surface area contributed by atoms with Crippen molar-refractivity contribution in [1.82, 2.24) is 4.98 Å². The minimum Gasteiger partial charge on any atom is -0.493 e. The van der Waals surface area contributed by atoms with Gasteiger partial charge in [-0.2, -0.15) is 5.10 Å². The molecule has 8 heteroatoms. The average molecular weight is 547 g/mol. The zero-order valence-electron chi connectivity index (χ0n) is 15.9. The Kier molecular flexibility index (Phi) is 6.66. The van der Waals surface area contributed by atoms with Crippen LogP contribution in [0.3, 0.4) is 0 Å². The SMILES string of the molecule is COc1cc(/C=N\Nc2nc3ccccc3s2)cc(Br)c1OCc1ccc(Br)cc1. The number of hydrogen-bond donors (Lipinski definition) is 1. The number of fused-ring (bicyclic) bond motifs is 1. The molecule has 0 aliphatic rings. The maximum Gasteiger partial charge on any atom is 0.204 e. The summed E-state index contributed by atoms with van der Waals surface area (Å²) in [5.41, 5.74) is 5.88. The normalized spacial score (nSPS) is 11.2. The van der Waals surface area contributed by atoms with E-state index in [2.05, 4.69) is 47.4 Å². The zero-order chi connectivity index (χ0) is 20.9. The second kappa shape index (κ2) is 9.59. The molecule has 1 heterocycles. The Bertz CT molecular complexity index is 1160. The molecule has 0 aliphatic carbocycles. The molecule has 0 fully saturated rings. The van der Waals surface area contributed by atoms with Crippen LogP contribution in [0.2, 0.25) is 0 Å². The van der Waals surface area contributed by atoms with E-state index in [0.717, 1.165) is 35.4 Å². The minimum absolute atomic E-state index is 0.439. The van der Waals surface area contributed by atoms with Crippen molar-refractivity contribution < 1.29 is 9.47 Å². The molecule has 3 aromatic carbocycles. The summed E-state index contributed by atoms with van der Waals surface area (Å²) >= 11 is 8.58. The number of para-hydroxylation sites is 1. The van der Waals surface area contributed by atoms with Gasteiger partial charge in [-0.25, -0.2) is 4.98 Å². The molecule has 152 valence electrons. The zero-order valence-corrected chi connectivity index (χ0v) is 19.9. The van der Waals surface area contributed by atoms with Crippen molar-refractivity contribution in [2.24, 2.45) is 5.10 Å². The summed E-state index contributed by atoms with van der Waals surface area (Å²) < 4.78 is 14.5. The molecule has 5 nitrogen and oxygen atoms in total. The number of rotatable bonds is 7. The van der Waals surface area contributed by atoms with Crippen LogP contribution in [0.1, 0.15) is 11.1 Å². The fourth-order valence-corrected chi connectivity index (χ4v) is 4.43. The van der Waals surface area contributed by atoms with E-state index in [1.807, 2.05) is 60.7 Å². The second-order valence-corrected chi connectivity index (χ2v) is 9.11. The van der Waals surface area contributed by atoms with Crippen molar-refractivity contribution in [2.45, 2.75) is 6.61 Å². The Morgan fingerprint density at radius 3 is 2.67 bits per heavy atom. The van der Waals surface area contributed by atoms with Gasteiger partial charge in [-0.15, -0.1) is 0 Å². The highest BCUT2D eigenvalue weighted by atomic mass is 79.9. The lowest BCUT2D eigenvalue weighted by Crippen LogP contribution is -2.00. The number of halogens is 2. The van der Waals surface area contributed by atoms with Crippen molar-refractivity contribution in [1.29, 1.82) is 0 Å². The number of hydrazone groups is 1. The molecule has 1 aromatic heterocycles. The van der Waals surface area contributed by atoms with Gasteiger partial charge in [0.05, 0.1) is 28.0 Å². The Hall–Kier alpha value is -2.42. The number of nitrogens with one attached hydrogen (secondary N) is 1. The van der Waals surface area contributed by atoms with Crippen molar-refractivity contribution in [3.8, 4) is 11.5 Å². The largest absolute Gasteiger partial charge is 0.493 e. The van der Waals surface area contributed by atoms with Crippen LogP contribution in [-0.4, -0.2) is 18.3 Å². The van der Waals surface area contributed by atoms with E-state index in [0.29, 0.717) is 18.1 Å². The van der Waals surface area contributed by atoms with Gasteiger partial charge in [0.15, 0.2) is 11.5 Å². The van der Waals surface area contributed by atoms with Gasteiger partial charge in [0.2, 0.25) is 5.13 Å². The third-order valence-corrected chi connectivity index (χ3v) is 6.27. The molecule has 0 bridgehead atoms. The van der Waals surface area contributed by atoms with Crippen LogP contribution in [0.15, 0.2) is 74.7 Å². The monoisotopic (exact) mass is 545 g/mol. The summed E-state index contributed by atoms with van der Waals surface area (Å²) in [5.74, 6) is 1.28. The molecule has 1 N–H and O–H groups in total. The highest BCUT2D eigenvalue weighted by molar-refractivity contribution is 9.10. The molecule has 0 spiro atoms. The summed E-state index contributed by atoms with van der Waals surface area (Å²) in [5, 5.41) is 5.05. The first kappa shape index (κ1) is 20.8. The first-order chi connectivity index (χ1) is 14.6. The molecular formula is C22H17Br2N3O2S. The van der Waals surface area contributed by atoms with E-state index in [1.165, 1.54) is 0 Å². The Balaban J connectivity index is 1.46. The number of aromatic nitrogens is 1. The summed E-state index contributed by atoms with van der Waals surface area (Å²) in [6.07, 6.45) is 1.72. The first-order valence-corrected chi connectivity index (χ1v) is 11.4. The predicted molar refractivity (Wildman–Crippen MR) is 130 cm³/mol. The van der Waals surface area contributed by atoms with Crippen molar-refractivity contribution in [3.05, 3.63) is 80.7 Å². The molecular weight excluding hydrogens is 530 g/mol. The van der Waals surface area contributed by atoms with Crippen molar-refractivity contribution in [3.63, 3.8) is 0 Å². The van der Waals surface area contributed by atoms with Gasteiger partial charge in [-0.3, -0.25) is 5.43 Å². The molecule has 0 amide bonds. The summed E-state index contributed by atoms with van der Waals surface area (Å²) in [6.45, 7) is 0.439. The standard InChI is InChI=1S/C22H17Br2N3O2S/c1-28-19-11-15(12-25-27-22-26-18-4-2-3-5-20(18)30-22)10-17(24)21(19)29-13-14-6-8-16(23)9-7-14/h2-12H,13H2,1H3,(H,26,27)/b25-12-. The van der Waals surface area contributed by atoms with Gasteiger partial charge >= 0.3 is 0 Å². The van der Waals surface area contributed by atoms with Crippen LogP contribution in [0.4, 0.5) is 5.13 Å². The molecule has 0 aliphatic heterocycles. The number of benzene rings is 3. The van der Waals surface area contributed by atoms with Crippen LogP contribution >= 0.6 is 43.2 Å². The van der Waals surface area contributed by atoms with E-state index < -0.39 is 0 Å². The van der Waals surface area contributed by atoms with Gasteiger partial charge in [0, 0.05) is 4.47 Å². The van der Waals surface area contributed by atoms with Crippen LogP contribution in [0, 0.1) is 0 Å². The molecule has 4 rings (SSSR count). The van der Waals surface area contributed by atoms with Crippen LogP contribution < -0.4 is 14.9 Å². The third-order valence-electron chi connectivity index (χ3n) is 4.22. The lowest BCUT2D eigenvalue weighted by Gasteiger charge is -2.13. The fourth-order valence-electron chi connectivity index (χ4n) is 2.77. The first-order valence-electron chi connectivity index (χ1n) is 9.02. The predicted octanol–water partition coefficient (Wildman–Crippen LogP) is 6.85. The van der Waals surface area contributed by atoms with Crippen LogP contribution in [0.25, 0.3) is 10.2 Å². The minimum atomic E-state index is 0.439. The highest BCUT2D eigenvalue weighted by Crippen LogP contribution is 2.37. The van der Waals surface area contributed by atoms with Crippen molar-refractivity contribution in [2.75, 3.05) is 12.5 Å². The van der Waals surface area contributed by atoms with E-state index in [1.54, 1.807) is 24.7 Å². The van der Waals surface area contributed by atoms with E-state index in [-0.39, 0.29) is 0 Å². The smallest absolute Gasteiger partial charge is 0.204 e. The topological polar surface area (TPSA) is 55.7 Å². The fraction of sp³-hybridized carbons (Fsp3) is 0.0909. The number of ether oxygens (including phenoxy) is 2.